The number of carbonyl (C=O) groups excluding carboxylic acids is 1. The Balaban J connectivity index is 1.87. The number of ketones is 1. The molecule has 0 amide bonds. The molecule has 2 aromatic carbocycles. The number of methoxy groups -OCH3 is 3. The molecule has 2 N–H and O–H groups in total. The zero-order valence-electron chi connectivity index (χ0n) is 21.0. The first-order valence-corrected chi connectivity index (χ1v) is 11.7. The number of hydrogen-bond acceptors (Lipinski definition) is 8. The lowest BCUT2D eigenvalue weighted by Gasteiger charge is -2.45. The Morgan fingerprint density at radius 1 is 1.06 bits per heavy atom. The molecule has 0 aromatic heterocycles. The topological polar surface area (TPSA) is 110 Å². The zero-order chi connectivity index (χ0) is 25.8. The Labute approximate surface area is 210 Å². The first-order chi connectivity index (χ1) is 17.2. The highest BCUT2D eigenvalue weighted by atomic mass is 16.5. The van der Waals surface area contributed by atoms with Crippen LogP contribution in [0.3, 0.4) is 0 Å². The van der Waals surface area contributed by atoms with Crippen LogP contribution in [0.2, 0.25) is 0 Å². The van der Waals surface area contributed by atoms with Crippen molar-refractivity contribution in [3.05, 3.63) is 70.2 Å². The zero-order valence-corrected chi connectivity index (χ0v) is 21.0. The minimum Gasteiger partial charge on any atom is -0.496 e. The molecule has 36 heavy (non-hydrogen) atoms. The number of ether oxygens (including phenoxy) is 3. The van der Waals surface area contributed by atoms with Gasteiger partial charge < -0.3 is 19.9 Å². The van der Waals surface area contributed by atoms with Gasteiger partial charge in [0.25, 0.3) is 0 Å². The molecule has 0 saturated heterocycles. The summed E-state index contributed by atoms with van der Waals surface area (Å²) < 4.78 is 16.8. The van der Waals surface area contributed by atoms with Crippen molar-refractivity contribution >= 4 is 17.3 Å². The summed E-state index contributed by atoms with van der Waals surface area (Å²) in [5, 5.41) is 10.5. The number of nitrogens with two attached hydrogens (primary N) is 1. The summed E-state index contributed by atoms with van der Waals surface area (Å²) in [7, 11) is 4.64. The second-order valence-electron chi connectivity index (χ2n) is 9.88. The van der Waals surface area contributed by atoms with Gasteiger partial charge in [-0.05, 0) is 30.0 Å². The molecular weight excluding hydrogens is 456 g/mol. The van der Waals surface area contributed by atoms with E-state index in [1.165, 1.54) is 0 Å². The molecule has 0 fully saturated rings. The van der Waals surface area contributed by atoms with Crippen molar-refractivity contribution in [1.29, 1.82) is 5.26 Å². The van der Waals surface area contributed by atoms with Crippen LogP contribution in [0, 0.1) is 16.7 Å². The smallest absolute Gasteiger partial charge is 0.164 e. The molecule has 0 unspecified atom stereocenters. The van der Waals surface area contributed by atoms with Crippen molar-refractivity contribution in [2.45, 2.75) is 32.6 Å². The van der Waals surface area contributed by atoms with Crippen molar-refractivity contribution in [3.8, 4) is 23.3 Å². The van der Waals surface area contributed by atoms with Gasteiger partial charge in [0.05, 0.1) is 44.6 Å². The highest BCUT2D eigenvalue weighted by Gasteiger charge is 2.47. The lowest BCUT2D eigenvalue weighted by Crippen LogP contribution is -2.42. The second kappa shape index (κ2) is 8.45. The van der Waals surface area contributed by atoms with Gasteiger partial charge in [0, 0.05) is 34.9 Å². The number of benzene rings is 2. The number of hydrogen-bond donors (Lipinski definition) is 1. The number of nitrogens with zero attached hydrogens (tertiary/aromatic N) is 3. The summed E-state index contributed by atoms with van der Waals surface area (Å²) in [5.41, 5.74) is 10.0. The lowest BCUT2D eigenvalue weighted by atomic mass is 9.68. The third-order valence-corrected chi connectivity index (χ3v) is 7.01. The maximum Gasteiger partial charge on any atom is 0.164 e. The minimum absolute atomic E-state index is 0.00473. The minimum atomic E-state index is -0.698. The average molecular weight is 485 g/mol. The first-order valence-electron chi connectivity index (χ1n) is 11.7. The van der Waals surface area contributed by atoms with Gasteiger partial charge in [0.2, 0.25) is 0 Å². The van der Waals surface area contributed by atoms with Crippen molar-refractivity contribution < 1.29 is 19.0 Å². The van der Waals surface area contributed by atoms with E-state index in [4.69, 9.17) is 24.9 Å². The number of allylic oxidation sites excluding steroid dienone is 3. The Bertz CT molecular complexity index is 1430. The highest BCUT2D eigenvalue weighted by Crippen LogP contribution is 2.54. The van der Waals surface area contributed by atoms with Crippen LogP contribution in [-0.2, 0) is 4.79 Å². The Morgan fingerprint density at radius 3 is 2.39 bits per heavy atom. The molecule has 1 atom stereocenters. The quantitative estimate of drug-likeness (QED) is 0.684. The number of rotatable bonds is 4. The first kappa shape index (κ1) is 23.5. The van der Waals surface area contributed by atoms with Crippen LogP contribution in [0.25, 0.3) is 0 Å². The fourth-order valence-corrected chi connectivity index (χ4v) is 5.48. The molecule has 3 aliphatic rings. The fourth-order valence-electron chi connectivity index (χ4n) is 5.48. The number of fused-ring (bicyclic) bond motifs is 4. The molecule has 0 spiro atoms. The van der Waals surface area contributed by atoms with Crippen molar-refractivity contribution in [2.75, 3.05) is 26.2 Å². The number of para-hydroxylation sites is 1. The third kappa shape index (κ3) is 3.42. The second-order valence-corrected chi connectivity index (χ2v) is 9.88. The van der Waals surface area contributed by atoms with E-state index in [1.807, 2.05) is 29.2 Å². The Morgan fingerprint density at radius 2 is 1.72 bits per heavy atom. The van der Waals surface area contributed by atoms with Gasteiger partial charge in [-0.25, -0.2) is 4.99 Å². The maximum absolute atomic E-state index is 13.8. The molecule has 0 saturated carbocycles. The van der Waals surface area contributed by atoms with E-state index in [0.29, 0.717) is 58.5 Å². The van der Waals surface area contributed by atoms with Crippen LogP contribution in [0.5, 0.6) is 17.2 Å². The van der Waals surface area contributed by atoms with E-state index >= 15 is 0 Å². The number of amidine groups is 1. The van der Waals surface area contributed by atoms with Crippen molar-refractivity contribution in [3.63, 3.8) is 0 Å². The molecule has 5 rings (SSSR count). The van der Waals surface area contributed by atoms with Crippen LogP contribution in [0.4, 0.5) is 5.69 Å². The van der Waals surface area contributed by atoms with Crippen molar-refractivity contribution in [2.24, 2.45) is 16.1 Å². The summed E-state index contributed by atoms with van der Waals surface area (Å²) in [6.07, 6.45) is 0.999. The van der Waals surface area contributed by atoms with E-state index in [2.05, 4.69) is 19.9 Å². The van der Waals surface area contributed by atoms with E-state index in [1.54, 1.807) is 33.5 Å². The predicted octanol–water partition coefficient (Wildman–Crippen LogP) is 4.41. The fraction of sp³-hybridized carbons (Fsp3) is 0.321. The number of carbonyl (C=O) groups is 1. The molecule has 0 radical (unpaired) electrons. The van der Waals surface area contributed by atoms with E-state index < -0.39 is 5.92 Å². The molecule has 2 heterocycles. The molecule has 1 aliphatic carbocycles. The average Bonchev–Trinajstić information content (AvgIpc) is 2.86. The van der Waals surface area contributed by atoms with Crippen LogP contribution < -0.4 is 24.8 Å². The van der Waals surface area contributed by atoms with Gasteiger partial charge in [0.1, 0.15) is 11.6 Å². The molecule has 2 aliphatic heterocycles. The van der Waals surface area contributed by atoms with Gasteiger partial charge in [-0.1, -0.05) is 26.0 Å². The summed E-state index contributed by atoms with van der Waals surface area (Å²) >= 11 is 0. The summed E-state index contributed by atoms with van der Waals surface area (Å²) in [5.74, 6) is 1.50. The summed E-state index contributed by atoms with van der Waals surface area (Å²) in [6.45, 7) is 4.16. The Hall–Kier alpha value is -4.25. The normalized spacial score (nSPS) is 20.1. The maximum atomic E-state index is 13.8. The van der Waals surface area contributed by atoms with Gasteiger partial charge in [-0.3, -0.25) is 9.69 Å². The standard InChI is InChI=1S/C28H28N4O4/c1-28(2)12-19-25(20(33)13-28)24(16-10-22(35-4)23(36-5)11-21(16)34-3)17(14-29)27-31-26(30)15-8-6-7-9-18(15)32(19)27/h6-11,24H,12-13H2,1-5H3,(H2,30,31)/t24-/m1/s1. The van der Waals surface area contributed by atoms with Crippen LogP contribution in [0.1, 0.15) is 43.7 Å². The number of anilines is 1. The highest BCUT2D eigenvalue weighted by molar-refractivity contribution is 6.08. The van der Waals surface area contributed by atoms with E-state index in [9.17, 15) is 10.1 Å². The predicted molar refractivity (Wildman–Crippen MR) is 136 cm³/mol. The van der Waals surface area contributed by atoms with Crippen LogP contribution in [0.15, 0.2) is 64.1 Å². The van der Waals surface area contributed by atoms with Gasteiger partial charge in [-0.2, -0.15) is 5.26 Å². The molecule has 2 aromatic rings. The summed E-state index contributed by atoms with van der Waals surface area (Å²) in [4.78, 5) is 20.5. The van der Waals surface area contributed by atoms with Crippen LogP contribution in [-0.4, -0.2) is 32.9 Å². The molecule has 184 valence electrons. The van der Waals surface area contributed by atoms with Crippen LogP contribution >= 0.6 is 0 Å². The Kier molecular flexibility index (Phi) is 5.51. The number of nitriles is 1. The van der Waals surface area contributed by atoms with Gasteiger partial charge in [-0.15, -0.1) is 0 Å². The lowest BCUT2D eigenvalue weighted by molar-refractivity contribution is -0.118. The number of Topliss-reactive ketones (excluding diaryl/α,β-unsaturated/α-hetero) is 1. The SMILES string of the molecule is COc1cc(OC)c([C@@H]2C(C#N)=C3N=C(N)c4ccccc4N3C3=C2C(=O)CC(C)(C)C3)cc1OC. The number of aliphatic imine (C=N–C) groups is 1. The van der Waals surface area contributed by atoms with Crippen molar-refractivity contribution in [1.82, 2.24) is 0 Å². The molecule has 0 bridgehead atoms. The molecule has 8 nitrogen and oxygen atoms in total. The molecule has 8 heteroatoms. The van der Waals surface area contributed by atoms with E-state index in [0.717, 1.165) is 16.9 Å². The molecular formula is C28H28N4O4. The largest absolute Gasteiger partial charge is 0.496 e. The third-order valence-electron chi connectivity index (χ3n) is 7.01. The monoisotopic (exact) mass is 484 g/mol. The summed E-state index contributed by atoms with van der Waals surface area (Å²) in [6, 6.07) is 13.5. The van der Waals surface area contributed by atoms with Gasteiger partial charge >= 0.3 is 0 Å². The van der Waals surface area contributed by atoms with Gasteiger partial charge in [0.15, 0.2) is 23.1 Å². The van der Waals surface area contributed by atoms with E-state index in [-0.39, 0.29) is 11.2 Å².